The van der Waals surface area contributed by atoms with Gasteiger partial charge in [0.25, 0.3) is 0 Å². The molecule has 0 N–H and O–H groups in total. The number of alkyl halides is 1. The molecule has 0 fully saturated rings. The molecular formula is C6H11IO. The Balaban J connectivity index is 3.64. The maximum absolute atomic E-state index is 10.6. The zero-order valence-corrected chi connectivity index (χ0v) is 7.60. The Morgan fingerprint density at radius 1 is 1.50 bits per heavy atom. The summed E-state index contributed by atoms with van der Waals surface area (Å²) >= 11 is 2.17. The van der Waals surface area contributed by atoms with Crippen molar-refractivity contribution in [1.29, 1.82) is 0 Å². The van der Waals surface area contributed by atoms with Crippen LogP contribution in [0.5, 0.6) is 0 Å². The minimum Gasteiger partial charge on any atom is -0.299 e. The summed E-state index contributed by atoms with van der Waals surface area (Å²) in [6.07, 6.45) is 0. The molecule has 0 aromatic carbocycles. The molecule has 0 bridgehead atoms. The fourth-order valence-corrected chi connectivity index (χ4v) is 0.469. The third-order valence-electron chi connectivity index (χ3n) is 0.974. The Kier molecular flexibility index (Phi) is 3.60. The molecule has 1 unspecified atom stereocenters. The second-order valence-electron chi connectivity index (χ2n) is 2.26. The van der Waals surface area contributed by atoms with Crippen molar-refractivity contribution in [3.8, 4) is 0 Å². The summed E-state index contributed by atoms with van der Waals surface area (Å²) in [6.45, 7) is 5.74. The van der Waals surface area contributed by atoms with Crippen molar-refractivity contribution in [2.75, 3.05) is 0 Å². The average molecular weight is 226 g/mol. The van der Waals surface area contributed by atoms with Crippen LogP contribution in [0.2, 0.25) is 0 Å². The highest BCUT2D eigenvalue weighted by Crippen LogP contribution is 2.12. The van der Waals surface area contributed by atoms with E-state index in [1.165, 1.54) is 0 Å². The smallest absolute Gasteiger partial charge is 0.142 e. The van der Waals surface area contributed by atoms with Crippen molar-refractivity contribution in [2.24, 2.45) is 5.92 Å². The normalized spacial score (nSPS) is 14.1. The summed E-state index contributed by atoms with van der Waals surface area (Å²) in [6, 6.07) is 0. The number of rotatable bonds is 2. The highest BCUT2D eigenvalue weighted by Gasteiger charge is 2.12. The Bertz CT molecular complexity index is 88.5. The Labute approximate surface area is 64.0 Å². The molecular weight excluding hydrogens is 215 g/mol. The van der Waals surface area contributed by atoms with Gasteiger partial charge in [0, 0.05) is 0 Å². The van der Waals surface area contributed by atoms with Crippen LogP contribution in [0.15, 0.2) is 0 Å². The average Bonchev–Trinajstić information content (AvgIpc) is 1.64. The Morgan fingerprint density at radius 3 is 1.88 bits per heavy atom. The van der Waals surface area contributed by atoms with Gasteiger partial charge in [0.05, 0.1) is 3.92 Å². The fourth-order valence-electron chi connectivity index (χ4n) is 0.469. The van der Waals surface area contributed by atoms with E-state index < -0.39 is 0 Å². The van der Waals surface area contributed by atoms with Gasteiger partial charge in [-0.15, -0.1) is 0 Å². The van der Waals surface area contributed by atoms with Gasteiger partial charge < -0.3 is 0 Å². The first-order valence-electron chi connectivity index (χ1n) is 2.70. The van der Waals surface area contributed by atoms with Gasteiger partial charge in [-0.25, -0.2) is 0 Å². The van der Waals surface area contributed by atoms with Crippen molar-refractivity contribution < 1.29 is 4.79 Å². The van der Waals surface area contributed by atoms with Gasteiger partial charge in [-0.1, -0.05) is 36.4 Å². The van der Waals surface area contributed by atoms with E-state index in [1.54, 1.807) is 6.92 Å². The molecule has 0 amide bonds. The standard InChI is InChI=1S/C6H11IO/c1-4(2)6(7)5(3)8/h4,6H,1-3H3. The zero-order chi connectivity index (χ0) is 6.73. The van der Waals surface area contributed by atoms with Crippen LogP contribution in [-0.2, 0) is 4.79 Å². The topological polar surface area (TPSA) is 17.1 Å². The first-order valence-corrected chi connectivity index (χ1v) is 3.94. The quantitative estimate of drug-likeness (QED) is 0.520. The second-order valence-corrected chi connectivity index (χ2v) is 3.60. The lowest BCUT2D eigenvalue weighted by atomic mass is 10.1. The van der Waals surface area contributed by atoms with Crippen molar-refractivity contribution in [3.05, 3.63) is 0 Å². The molecule has 1 nitrogen and oxygen atoms in total. The molecule has 0 aliphatic carbocycles. The van der Waals surface area contributed by atoms with Crippen LogP contribution in [0, 0.1) is 5.92 Å². The summed E-state index contributed by atoms with van der Waals surface area (Å²) in [4.78, 5) is 10.6. The molecule has 0 heterocycles. The lowest BCUT2D eigenvalue weighted by molar-refractivity contribution is -0.116. The number of Topliss-reactive ketones (excluding diaryl/α,β-unsaturated/α-hetero) is 1. The molecule has 0 radical (unpaired) electrons. The second kappa shape index (κ2) is 3.43. The van der Waals surface area contributed by atoms with Gasteiger partial charge in [-0.2, -0.15) is 0 Å². The van der Waals surface area contributed by atoms with E-state index in [0.717, 1.165) is 0 Å². The fraction of sp³-hybridized carbons (Fsp3) is 0.833. The predicted octanol–water partition coefficient (Wildman–Crippen LogP) is 2.04. The van der Waals surface area contributed by atoms with E-state index in [1.807, 2.05) is 0 Å². The molecule has 0 saturated heterocycles. The van der Waals surface area contributed by atoms with E-state index in [-0.39, 0.29) is 9.71 Å². The molecule has 0 spiro atoms. The lowest BCUT2D eigenvalue weighted by Crippen LogP contribution is -2.15. The number of hydrogen-bond acceptors (Lipinski definition) is 1. The third kappa shape index (κ3) is 2.64. The minimum atomic E-state index is 0.201. The molecule has 2 heteroatoms. The molecule has 0 rings (SSSR count). The molecule has 1 atom stereocenters. The monoisotopic (exact) mass is 226 g/mol. The van der Waals surface area contributed by atoms with Crippen molar-refractivity contribution >= 4 is 28.4 Å². The van der Waals surface area contributed by atoms with Crippen LogP contribution in [0.25, 0.3) is 0 Å². The Hall–Kier alpha value is 0.400. The van der Waals surface area contributed by atoms with Crippen LogP contribution in [0.1, 0.15) is 20.8 Å². The zero-order valence-electron chi connectivity index (χ0n) is 5.44. The van der Waals surface area contributed by atoms with Crippen LogP contribution >= 0.6 is 22.6 Å². The molecule has 0 aliphatic heterocycles. The van der Waals surface area contributed by atoms with Gasteiger partial charge in [0.1, 0.15) is 5.78 Å². The van der Waals surface area contributed by atoms with Crippen LogP contribution in [-0.4, -0.2) is 9.71 Å². The number of halogens is 1. The molecule has 8 heavy (non-hydrogen) atoms. The van der Waals surface area contributed by atoms with E-state index in [0.29, 0.717) is 5.92 Å². The molecule has 0 aliphatic rings. The van der Waals surface area contributed by atoms with E-state index in [4.69, 9.17) is 0 Å². The lowest BCUT2D eigenvalue weighted by Gasteiger charge is -2.07. The van der Waals surface area contributed by atoms with Crippen LogP contribution < -0.4 is 0 Å². The number of hydrogen-bond donors (Lipinski definition) is 0. The van der Waals surface area contributed by atoms with Crippen molar-refractivity contribution in [3.63, 3.8) is 0 Å². The van der Waals surface area contributed by atoms with Gasteiger partial charge in [-0.3, -0.25) is 4.79 Å². The third-order valence-corrected chi connectivity index (χ3v) is 3.29. The molecule has 0 saturated carbocycles. The van der Waals surface area contributed by atoms with E-state index in [2.05, 4.69) is 36.4 Å². The summed E-state index contributed by atoms with van der Waals surface area (Å²) < 4.78 is 0.201. The Morgan fingerprint density at radius 2 is 1.88 bits per heavy atom. The molecule has 48 valence electrons. The summed E-state index contributed by atoms with van der Waals surface area (Å²) in [5.74, 6) is 0.758. The van der Waals surface area contributed by atoms with E-state index >= 15 is 0 Å². The van der Waals surface area contributed by atoms with Gasteiger partial charge in [0.15, 0.2) is 0 Å². The van der Waals surface area contributed by atoms with Crippen LogP contribution in [0.4, 0.5) is 0 Å². The summed E-state index contributed by atoms with van der Waals surface area (Å²) in [5.41, 5.74) is 0. The predicted molar refractivity (Wildman–Crippen MR) is 43.3 cm³/mol. The summed E-state index contributed by atoms with van der Waals surface area (Å²) in [7, 11) is 0. The first-order chi connectivity index (χ1) is 3.55. The molecule has 0 aromatic rings. The summed E-state index contributed by atoms with van der Waals surface area (Å²) in [5, 5.41) is 0. The molecule has 0 aromatic heterocycles. The largest absolute Gasteiger partial charge is 0.299 e. The van der Waals surface area contributed by atoms with Crippen molar-refractivity contribution in [2.45, 2.75) is 24.7 Å². The highest BCUT2D eigenvalue weighted by atomic mass is 127. The number of ketones is 1. The number of carbonyl (C=O) groups excluding carboxylic acids is 1. The van der Waals surface area contributed by atoms with Gasteiger partial charge in [-0.05, 0) is 12.8 Å². The highest BCUT2D eigenvalue weighted by molar-refractivity contribution is 14.1. The SMILES string of the molecule is CC(=O)C(I)C(C)C. The maximum Gasteiger partial charge on any atom is 0.142 e. The van der Waals surface area contributed by atoms with Crippen molar-refractivity contribution in [1.82, 2.24) is 0 Å². The first kappa shape index (κ1) is 8.40. The maximum atomic E-state index is 10.6. The van der Waals surface area contributed by atoms with Gasteiger partial charge in [0.2, 0.25) is 0 Å². The van der Waals surface area contributed by atoms with Crippen LogP contribution in [0.3, 0.4) is 0 Å². The van der Waals surface area contributed by atoms with Gasteiger partial charge >= 0.3 is 0 Å². The van der Waals surface area contributed by atoms with E-state index in [9.17, 15) is 4.79 Å². The number of carbonyl (C=O) groups is 1. The minimum absolute atomic E-state index is 0.201.